The van der Waals surface area contributed by atoms with E-state index in [4.69, 9.17) is 14.9 Å². The lowest BCUT2D eigenvalue weighted by atomic mass is 9.96. The molecule has 0 aliphatic carbocycles. The van der Waals surface area contributed by atoms with Gasteiger partial charge in [-0.25, -0.2) is 19.2 Å². The summed E-state index contributed by atoms with van der Waals surface area (Å²) in [5.74, 6) is -7.62. The van der Waals surface area contributed by atoms with E-state index in [1.807, 2.05) is 6.92 Å². The number of carbonyl (C=O) groups is 4. The Morgan fingerprint density at radius 1 is 0.833 bits per heavy atom. The summed E-state index contributed by atoms with van der Waals surface area (Å²) in [6, 6.07) is 0.510. The number of aromatic carboxylic acids is 4. The molecule has 9 nitrogen and oxygen atoms in total. The van der Waals surface area contributed by atoms with Crippen LogP contribution < -0.4 is 4.74 Å². The summed E-state index contributed by atoms with van der Waals surface area (Å²) in [6.45, 7) is 1.83. The molecule has 0 fully saturated rings. The predicted octanol–water partition coefficient (Wildman–Crippen LogP) is 2.05. The average molecular weight is 340 g/mol. The first kappa shape index (κ1) is 18.9. The van der Waals surface area contributed by atoms with Crippen LogP contribution in [0.5, 0.6) is 5.75 Å². The van der Waals surface area contributed by atoms with Crippen LogP contribution in [-0.2, 0) is 0 Å². The van der Waals surface area contributed by atoms with Gasteiger partial charge >= 0.3 is 23.9 Å². The van der Waals surface area contributed by atoms with Crippen LogP contribution in [0.15, 0.2) is 6.07 Å². The summed E-state index contributed by atoms with van der Waals surface area (Å²) in [4.78, 5) is 45.3. The largest absolute Gasteiger partial charge is 0.492 e. The third kappa shape index (κ3) is 4.00. The highest BCUT2D eigenvalue weighted by atomic mass is 16.5. The van der Waals surface area contributed by atoms with Crippen molar-refractivity contribution in [1.29, 1.82) is 0 Å². The Morgan fingerprint density at radius 3 is 1.62 bits per heavy atom. The minimum atomic E-state index is -1.72. The molecule has 0 atom stereocenters. The fourth-order valence-corrected chi connectivity index (χ4v) is 2.09. The highest BCUT2D eigenvalue weighted by molar-refractivity contribution is 6.12. The van der Waals surface area contributed by atoms with E-state index in [2.05, 4.69) is 0 Å². The first-order chi connectivity index (χ1) is 11.2. The molecule has 9 heteroatoms. The molecule has 0 spiro atoms. The molecule has 0 heterocycles. The second kappa shape index (κ2) is 7.95. The SMILES string of the molecule is CCCCCOc1c(C(=O)O)c(C(=O)O)cc(C(=O)O)c1C(=O)O. The van der Waals surface area contributed by atoms with Gasteiger partial charge in [-0.05, 0) is 12.5 Å². The number of rotatable bonds is 9. The fraction of sp³-hybridized carbons (Fsp3) is 0.333. The summed E-state index contributed by atoms with van der Waals surface area (Å²) < 4.78 is 5.19. The maximum atomic E-state index is 11.4. The van der Waals surface area contributed by atoms with Crippen molar-refractivity contribution in [3.05, 3.63) is 28.3 Å². The van der Waals surface area contributed by atoms with Crippen LogP contribution in [-0.4, -0.2) is 50.9 Å². The number of hydrogen-bond donors (Lipinski definition) is 4. The van der Waals surface area contributed by atoms with Gasteiger partial charge in [0.05, 0.1) is 17.7 Å². The predicted molar refractivity (Wildman–Crippen MR) is 79.3 cm³/mol. The molecule has 0 saturated heterocycles. The van der Waals surface area contributed by atoms with Gasteiger partial charge in [-0.1, -0.05) is 19.8 Å². The van der Waals surface area contributed by atoms with Gasteiger partial charge in [-0.3, -0.25) is 0 Å². The van der Waals surface area contributed by atoms with Crippen LogP contribution in [0, 0.1) is 0 Å². The lowest BCUT2D eigenvalue weighted by Gasteiger charge is -2.16. The second-order valence-corrected chi connectivity index (χ2v) is 4.83. The molecule has 1 aromatic rings. The third-order valence-corrected chi connectivity index (χ3v) is 3.16. The number of hydrogen-bond acceptors (Lipinski definition) is 5. The maximum absolute atomic E-state index is 11.4. The third-order valence-electron chi connectivity index (χ3n) is 3.16. The molecular weight excluding hydrogens is 324 g/mol. The first-order valence-electron chi connectivity index (χ1n) is 6.99. The fourth-order valence-electron chi connectivity index (χ4n) is 2.09. The molecule has 0 aliphatic rings. The summed E-state index contributed by atoms with van der Waals surface area (Å²) in [5, 5.41) is 36.8. The topological polar surface area (TPSA) is 158 Å². The van der Waals surface area contributed by atoms with Crippen LogP contribution in [0.3, 0.4) is 0 Å². The normalized spacial score (nSPS) is 10.2. The molecule has 1 aromatic carbocycles. The zero-order valence-electron chi connectivity index (χ0n) is 12.7. The highest BCUT2D eigenvalue weighted by Gasteiger charge is 2.32. The van der Waals surface area contributed by atoms with E-state index < -0.39 is 51.9 Å². The average Bonchev–Trinajstić information content (AvgIpc) is 2.49. The maximum Gasteiger partial charge on any atom is 0.340 e. The van der Waals surface area contributed by atoms with Gasteiger partial charge in [-0.15, -0.1) is 0 Å². The van der Waals surface area contributed by atoms with Gasteiger partial charge in [-0.2, -0.15) is 0 Å². The quantitative estimate of drug-likeness (QED) is 0.493. The Kier molecular flexibility index (Phi) is 6.28. The van der Waals surface area contributed by atoms with Crippen molar-refractivity contribution < 1.29 is 44.3 Å². The van der Waals surface area contributed by atoms with Crippen molar-refractivity contribution in [2.75, 3.05) is 6.61 Å². The molecular formula is C15H16O9. The van der Waals surface area contributed by atoms with Crippen molar-refractivity contribution in [2.45, 2.75) is 26.2 Å². The molecule has 24 heavy (non-hydrogen) atoms. The van der Waals surface area contributed by atoms with Crippen LogP contribution in [0.2, 0.25) is 0 Å². The molecule has 130 valence electrons. The van der Waals surface area contributed by atoms with Crippen molar-refractivity contribution in [1.82, 2.24) is 0 Å². The molecule has 0 aromatic heterocycles. The van der Waals surface area contributed by atoms with Gasteiger partial charge < -0.3 is 25.2 Å². The minimum absolute atomic E-state index is 0.0729. The van der Waals surface area contributed by atoms with Crippen molar-refractivity contribution >= 4 is 23.9 Å². The first-order valence-corrected chi connectivity index (χ1v) is 6.99. The summed E-state index contributed by atoms with van der Waals surface area (Å²) in [7, 11) is 0. The van der Waals surface area contributed by atoms with E-state index in [1.54, 1.807) is 0 Å². The van der Waals surface area contributed by atoms with Crippen molar-refractivity contribution in [2.24, 2.45) is 0 Å². The Balaban J connectivity index is 3.67. The van der Waals surface area contributed by atoms with E-state index >= 15 is 0 Å². The highest BCUT2D eigenvalue weighted by Crippen LogP contribution is 2.32. The van der Waals surface area contributed by atoms with Gasteiger partial charge in [0, 0.05) is 0 Å². The molecule has 0 aliphatic heterocycles. The van der Waals surface area contributed by atoms with E-state index in [9.17, 15) is 29.4 Å². The van der Waals surface area contributed by atoms with Crippen LogP contribution in [0.1, 0.15) is 67.6 Å². The molecule has 1 rings (SSSR count). The Labute approximate surface area is 136 Å². The molecule has 0 amide bonds. The number of unbranched alkanes of at least 4 members (excludes halogenated alkanes) is 2. The molecule has 0 bridgehead atoms. The van der Waals surface area contributed by atoms with Gasteiger partial charge in [0.25, 0.3) is 0 Å². The van der Waals surface area contributed by atoms with Crippen molar-refractivity contribution in [3.63, 3.8) is 0 Å². The van der Waals surface area contributed by atoms with Crippen LogP contribution >= 0.6 is 0 Å². The van der Waals surface area contributed by atoms with Gasteiger partial charge in [0.15, 0.2) is 0 Å². The van der Waals surface area contributed by atoms with E-state index in [1.165, 1.54) is 0 Å². The lowest BCUT2D eigenvalue weighted by Crippen LogP contribution is -2.19. The van der Waals surface area contributed by atoms with Gasteiger partial charge in [0.2, 0.25) is 0 Å². The van der Waals surface area contributed by atoms with E-state index in [0.29, 0.717) is 12.5 Å². The Hall–Kier alpha value is -3.10. The zero-order valence-corrected chi connectivity index (χ0v) is 12.7. The standard InChI is InChI=1S/C15H16O9/c1-2-3-4-5-24-11-9(14(20)21)7(12(16)17)6-8(13(18)19)10(11)15(22)23/h6H,2-5H2,1H3,(H,16,17)(H,18,19)(H,20,21)(H,22,23). The summed E-state index contributed by atoms with van der Waals surface area (Å²) in [5.41, 5.74) is -3.48. The Bertz CT molecular complexity index is 640. The smallest absolute Gasteiger partial charge is 0.340 e. The minimum Gasteiger partial charge on any atom is -0.492 e. The number of carboxylic acids is 4. The number of carboxylic acid groups (broad SMARTS) is 4. The van der Waals surface area contributed by atoms with Gasteiger partial charge in [0.1, 0.15) is 16.9 Å². The summed E-state index contributed by atoms with van der Waals surface area (Å²) >= 11 is 0. The van der Waals surface area contributed by atoms with E-state index in [-0.39, 0.29) is 6.61 Å². The molecule has 4 N–H and O–H groups in total. The number of ether oxygens (including phenoxy) is 1. The Morgan fingerprint density at radius 2 is 1.29 bits per heavy atom. The summed E-state index contributed by atoms with van der Waals surface area (Å²) in [6.07, 6.45) is 2.00. The van der Waals surface area contributed by atoms with Crippen molar-refractivity contribution in [3.8, 4) is 5.75 Å². The molecule has 0 unspecified atom stereocenters. The van der Waals surface area contributed by atoms with Crippen LogP contribution in [0.4, 0.5) is 0 Å². The molecule has 0 radical (unpaired) electrons. The van der Waals surface area contributed by atoms with Crippen LogP contribution in [0.25, 0.3) is 0 Å². The number of benzene rings is 1. The molecule has 0 saturated carbocycles. The monoisotopic (exact) mass is 340 g/mol. The van der Waals surface area contributed by atoms with E-state index in [0.717, 1.165) is 12.8 Å². The second-order valence-electron chi connectivity index (χ2n) is 4.83. The zero-order chi connectivity index (χ0) is 18.4. The lowest BCUT2D eigenvalue weighted by molar-refractivity contribution is 0.0628.